The summed E-state index contributed by atoms with van der Waals surface area (Å²) in [4.78, 5) is 20.4. The van der Waals surface area contributed by atoms with Crippen LogP contribution in [0.5, 0.6) is 0 Å². The molecule has 0 saturated carbocycles. The summed E-state index contributed by atoms with van der Waals surface area (Å²) in [5.41, 5.74) is 0.0544. The van der Waals surface area contributed by atoms with Crippen molar-refractivity contribution in [2.45, 2.75) is 38.9 Å². The van der Waals surface area contributed by atoms with Crippen molar-refractivity contribution < 1.29 is 22.4 Å². The molecule has 2 aromatic heterocycles. The first kappa shape index (κ1) is 23.7. The third-order valence-corrected chi connectivity index (χ3v) is 6.10. The molecule has 3 aromatic rings. The van der Waals surface area contributed by atoms with Gasteiger partial charge in [0.05, 0.1) is 35.2 Å². The number of likely N-dealkylation sites (tertiary alicyclic amines) is 1. The van der Waals surface area contributed by atoms with Crippen LogP contribution in [0.15, 0.2) is 42.9 Å². The maximum atomic E-state index is 14.5. The summed E-state index contributed by atoms with van der Waals surface area (Å²) in [6.07, 6.45) is 0.919. The molecular formula is C23H24F4N6O. The highest BCUT2D eigenvalue weighted by Gasteiger charge is 2.34. The zero-order chi connectivity index (χ0) is 24.5. The van der Waals surface area contributed by atoms with Crippen molar-refractivity contribution in [3.05, 3.63) is 65.4 Å². The van der Waals surface area contributed by atoms with E-state index in [1.165, 1.54) is 35.4 Å². The Balaban J connectivity index is 1.58. The van der Waals surface area contributed by atoms with Gasteiger partial charge in [0.2, 0.25) is 0 Å². The summed E-state index contributed by atoms with van der Waals surface area (Å²) >= 11 is 0. The van der Waals surface area contributed by atoms with Gasteiger partial charge in [-0.2, -0.15) is 28.2 Å². The van der Waals surface area contributed by atoms with E-state index in [1.807, 2.05) is 6.92 Å². The highest BCUT2D eigenvalue weighted by Crippen LogP contribution is 2.30. The van der Waals surface area contributed by atoms with Crippen LogP contribution in [0, 0.1) is 18.7 Å². The SMILES string of the molecule is Cc1cc(-n2nccn2)c(C(=O)N2CCCC(C)C2CNc2ccc(C(F)(F)F)cn2)cc1F. The number of alkyl halides is 3. The number of aromatic nitrogens is 4. The van der Waals surface area contributed by atoms with E-state index in [1.54, 1.807) is 11.8 Å². The van der Waals surface area contributed by atoms with Crippen LogP contribution in [0.1, 0.15) is 41.3 Å². The number of nitrogens with one attached hydrogen (secondary N) is 1. The van der Waals surface area contributed by atoms with Crippen molar-refractivity contribution in [2.24, 2.45) is 5.92 Å². The number of halogens is 4. The van der Waals surface area contributed by atoms with Crippen molar-refractivity contribution in [3.63, 3.8) is 0 Å². The maximum absolute atomic E-state index is 14.5. The standard InChI is InChI=1S/C23H24F4N6O/c1-14-4-3-9-32(20(14)13-29-21-6-5-16(12-28-21)23(25,26)27)22(34)17-11-18(24)15(2)10-19(17)33-30-7-8-31-33/h5-8,10-12,14,20H,3-4,9,13H2,1-2H3,(H,28,29). The van der Waals surface area contributed by atoms with Crippen LogP contribution in [-0.4, -0.2) is 49.9 Å². The lowest BCUT2D eigenvalue weighted by atomic mass is 9.89. The summed E-state index contributed by atoms with van der Waals surface area (Å²) in [5.74, 6) is -0.472. The fourth-order valence-electron chi connectivity index (χ4n) is 4.19. The van der Waals surface area contributed by atoms with Crippen LogP contribution in [0.2, 0.25) is 0 Å². The van der Waals surface area contributed by atoms with E-state index >= 15 is 0 Å². The molecule has 1 saturated heterocycles. The summed E-state index contributed by atoms with van der Waals surface area (Å²) in [6.45, 7) is 4.37. The number of anilines is 1. The number of nitrogens with zero attached hydrogens (tertiary/aromatic N) is 5. The predicted molar refractivity (Wildman–Crippen MR) is 117 cm³/mol. The summed E-state index contributed by atoms with van der Waals surface area (Å²) in [6, 6.07) is 4.70. The number of aryl methyl sites for hydroxylation is 1. The molecule has 1 fully saturated rings. The van der Waals surface area contributed by atoms with Gasteiger partial charge in [-0.3, -0.25) is 4.79 Å². The van der Waals surface area contributed by atoms with E-state index < -0.39 is 17.6 Å². The number of pyridine rings is 1. The second-order valence-electron chi connectivity index (χ2n) is 8.43. The summed E-state index contributed by atoms with van der Waals surface area (Å²) in [7, 11) is 0. The van der Waals surface area contributed by atoms with Crippen LogP contribution < -0.4 is 5.32 Å². The average Bonchev–Trinajstić information content (AvgIpc) is 3.34. The molecule has 0 bridgehead atoms. The first-order valence-electron chi connectivity index (χ1n) is 10.9. The smallest absolute Gasteiger partial charge is 0.368 e. The fourth-order valence-corrected chi connectivity index (χ4v) is 4.19. The molecule has 7 nitrogen and oxygen atoms in total. The van der Waals surface area contributed by atoms with E-state index in [-0.39, 0.29) is 35.8 Å². The molecule has 1 aromatic carbocycles. The molecule has 1 amide bonds. The normalized spacial score (nSPS) is 18.7. The van der Waals surface area contributed by atoms with Gasteiger partial charge in [-0.25, -0.2) is 9.37 Å². The Kier molecular flexibility index (Phi) is 6.54. The molecule has 11 heteroatoms. The van der Waals surface area contributed by atoms with Crippen LogP contribution in [0.25, 0.3) is 5.69 Å². The van der Waals surface area contributed by atoms with Gasteiger partial charge in [0.1, 0.15) is 11.6 Å². The summed E-state index contributed by atoms with van der Waals surface area (Å²) < 4.78 is 52.9. The number of rotatable bonds is 5. The number of hydrogen-bond donors (Lipinski definition) is 1. The highest BCUT2D eigenvalue weighted by molar-refractivity contribution is 5.98. The fraction of sp³-hybridized carbons (Fsp3) is 0.391. The van der Waals surface area contributed by atoms with Gasteiger partial charge < -0.3 is 10.2 Å². The lowest BCUT2D eigenvalue weighted by Crippen LogP contribution is -2.51. The van der Waals surface area contributed by atoms with Crippen LogP contribution in [-0.2, 0) is 6.18 Å². The van der Waals surface area contributed by atoms with E-state index in [9.17, 15) is 22.4 Å². The molecule has 4 rings (SSSR count). The molecule has 1 aliphatic rings. The van der Waals surface area contributed by atoms with E-state index in [0.29, 0.717) is 17.8 Å². The van der Waals surface area contributed by atoms with E-state index in [4.69, 9.17) is 0 Å². The third kappa shape index (κ3) is 4.87. The van der Waals surface area contributed by atoms with Crippen LogP contribution >= 0.6 is 0 Å². The largest absolute Gasteiger partial charge is 0.417 e. The Morgan fingerprint density at radius 3 is 2.59 bits per heavy atom. The Bertz CT molecular complexity index is 1150. The van der Waals surface area contributed by atoms with E-state index in [0.717, 1.165) is 25.1 Å². The predicted octanol–water partition coefficient (Wildman–Crippen LogP) is 4.48. The number of piperidine rings is 1. The molecule has 1 aliphatic heterocycles. The molecule has 1 N–H and O–H groups in total. The lowest BCUT2D eigenvalue weighted by molar-refractivity contribution is -0.137. The van der Waals surface area contributed by atoms with Gasteiger partial charge in [-0.1, -0.05) is 6.92 Å². The average molecular weight is 476 g/mol. The van der Waals surface area contributed by atoms with Crippen molar-refractivity contribution in [1.82, 2.24) is 24.9 Å². The van der Waals surface area contributed by atoms with Crippen molar-refractivity contribution in [1.29, 1.82) is 0 Å². The minimum atomic E-state index is -4.46. The molecule has 180 valence electrons. The van der Waals surface area contributed by atoms with Gasteiger partial charge in [-0.05, 0) is 55.5 Å². The maximum Gasteiger partial charge on any atom is 0.417 e. The zero-order valence-electron chi connectivity index (χ0n) is 18.7. The molecule has 2 atom stereocenters. The second kappa shape index (κ2) is 9.40. The number of hydrogen-bond acceptors (Lipinski definition) is 5. The number of carbonyl (C=O) groups is 1. The van der Waals surface area contributed by atoms with Gasteiger partial charge in [-0.15, -0.1) is 0 Å². The molecule has 34 heavy (non-hydrogen) atoms. The highest BCUT2D eigenvalue weighted by atomic mass is 19.4. The number of amides is 1. The molecule has 0 aliphatic carbocycles. The Labute approximate surface area is 193 Å². The molecular weight excluding hydrogens is 452 g/mol. The van der Waals surface area contributed by atoms with Crippen molar-refractivity contribution in [2.75, 3.05) is 18.4 Å². The minimum Gasteiger partial charge on any atom is -0.368 e. The second-order valence-corrected chi connectivity index (χ2v) is 8.43. The van der Waals surface area contributed by atoms with Crippen LogP contribution in [0.4, 0.5) is 23.4 Å². The van der Waals surface area contributed by atoms with Crippen molar-refractivity contribution in [3.8, 4) is 5.69 Å². The Hall–Kier alpha value is -3.50. The summed E-state index contributed by atoms with van der Waals surface area (Å²) in [5, 5.41) is 11.2. The van der Waals surface area contributed by atoms with E-state index in [2.05, 4.69) is 20.5 Å². The van der Waals surface area contributed by atoms with Gasteiger partial charge >= 0.3 is 6.18 Å². The first-order chi connectivity index (χ1) is 16.1. The quantitative estimate of drug-likeness (QED) is 0.550. The van der Waals surface area contributed by atoms with Gasteiger partial charge in [0, 0.05) is 19.3 Å². The number of benzene rings is 1. The van der Waals surface area contributed by atoms with Gasteiger partial charge in [0.15, 0.2) is 0 Å². The monoisotopic (exact) mass is 476 g/mol. The molecule has 0 spiro atoms. The third-order valence-electron chi connectivity index (χ3n) is 6.10. The molecule has 0 radical (unpaired) electrons. The Morgan fingerprint density at radius 1 is 1.21 bits per heavy atom. The topological polar surface area (TPSA) is 75.9 Å². The Morgan fingerprint density at radius 2 is 1.94 bits per heavy atom. The molecule has 2 unspecified atom stereocenters. The minimum absolute atomic E-state index is 0.112. The molecule has 3 heterocycles. The van der Waals surface area contributed by atoms with Gasteiger partial charge in [0.25, 0.3) is 5.91 Å². The van der Waals surface area contributed by atoms with Crippen LogP contribution in [0.3, 0.4) is 0 Å². The van der Waals surface area contributed by atoms with Crippen molar-refractivity contribution >= 4 is 11.7 Å². The zero-order valence-corrected chi connectivity index (χ0v) is 18.7. The number of carbonyl (C=O) groups excluding carboxylic acids is 1. The first-order valence-corrected chi connectivity index (χ1v) is 10.9. The lowest BCUT2D eigenvalue weighted by Gasteiger charge is -2.40.